The minimum Gasteiger partial charge on any atom is -0.495 e. The third-order valence-corrected chi connectivity index (χ3v) is 5.60. The second-order valence-electron chi connectivity index (χ2n) is 8.12. The summed E-state index contributed by atoms with van der Waals surface area (Å²) >= 11 is 0. The fourth-order valence-corrected chi connectivity index (χ4v) is 3.76. The number of rotatable bonds is 6. The van der Waals surface area contributed by atoms with E-state index in [0.717, 1.165) is 6.07 Å². The number of pyridine rings is 2. The van der Waals surface area contributed by atoms with Gasteiger partial charge < -0.3 is 14.8 Å². The fraction of sp³-hybridized carbons (Fsp3) is 0.0741. The summed E-state index contributed by atoms with van der Waals surface area (Å²) in [5.41, 5.74) is 0.693. The highest BCUT2D eigenvalue weighted by Gasteiger charge is 2.18. The quantitative estimate of drug-likeness (QED) is 0.346. The predicted octanol–water partition coefficient (Wildman–Crippen LogP) is 4.82. The maximum Gasteiger partial charge on any atom is 0.286 e. The van der Waals surface area contributed by atoms with Crippen LogP contribution in [-0.2, 0) is 0 Å². The molecule has 5 rings (SSSR count). The summed E-state index contributed by atoms with van der Waals surface area (Å²) in [6.07, 6.45) is 4.34. The van der Waals surface area contributed by atoms with E-state index in [4.69, 9.17) is 9.47 Å². The number of aryl methyl sites for hydroxylation is 1. The van der Waals surface area contributed by atoms with E-state index in [9.17, 15) is 18.4 Å². The van der Waals surface area contributed by atoms with Crippen LogP contribution in [0.25, 0.3) is 16.7 Å². The van der Waals surface area contributed by atoms with Crippen LogP contribution in [0.1, 0.15) is 16.2 Å². The fourth-order valence-electron chi connectivity index (χ4n) is 3.76. The van der Waals surface area contributed by atoms with Crippen LogP contribution in [-0.4, -0.2) is 32.5 Å². The number of ether oxygens (including phenoxy) is 2. The molecule has 5 aromatic rings. The van der Waals surface area contributed by atoms with E-state index < -0.39 is 28.8 Å². The molecule has 3 aromatic heterocycles. The van der Waals surface area contributed by atoms with Crippen LogP contribution in [0.4, 0.5) is 14.5 Å². The van der Waals surface area contributed by atoms with Crippen LogP contribution >= 0.6 is 0 Å². The van der Waals surface area contributed by atoms with Crippen LogP contribution in [0, 0.1) is 18.6 Å². The van der Waals surface area contributed by atoms with Crippen molar-refractivity contribution >= 4 is 22.6 Å². The zero-order chi connectivity index (χ0) is 26.8. The van der Waals surface area contributed by atoms with Gasteiger partial charge in [-0.05, 0) is 43.3 Å². The molecule has 9 nitrogen and oxygen atoms in total. The number of fused-ring (bicyclic) bond motifs is 1. The lowest BCUT2D eigenvalue weighted by Gasteiger charge is -2.12. The first kappa shape index (κ1) is 24.5. The summed E-state index contributed by atoms with van der Waals surface area (Å²) in [6, 6.07) is 12.3. The second kappa shape index (κ2) is 10.1. The molecule has 190 valence electrons. The maximum absolute atomic E-state index is 14.9. The number of methoxy groups -OCH3 is 1. The van der Waals surface area contributed by atoms with Crippen molar-refractivity contribution in [1.29, 1.82) is 0 Å². The number of carbonyl (C=O) groups is 1. The van der Waals surface area contributed by atoms with Gasteiger partial charge in [-0.3, -0.25) is 19.1 Å². The molecule has 0 unspecified atom stereocenters. The number of carbonyl (C=O) groups excluding carboxylic acids is 1. The van der Waals surface area contributed by atoms with Crippen LogP contribution in [0.5, 0.6) is 17.2 Å². The molecule has 3 heterocycles. The van der Waals surface area contributed by atoms with Gasteiger partial charge in [0.25, 0.3) is 11.5 Å². The van der Waals surface area contributed by atoms with E-state index in [-0.39, 0.29) is 17.2 Å². The van der Waals surface area contributed by atoms with E-state index in [1.54, 1.807) is 19.1 Å². The Kier molecular flexibility index (Phi) is 6.48. The highest BCUT2D eigenvalue weighted by atomic mass is 19.1. The highest BCUT2D eigenvalue weighted by Crippen LogP contribution is 2.31. The average molecular weight is 515 g/mol. The highest BCUT2D eigenvalue weighted by molar-refractivity contribution is 6.02. The molecule has 0 aliphatic heterocycles. The van der Waals surface area contributed by atoms with Gasteiger partial charge in [-0.25, -0.2) is 18.7 Å². The van der Waals surface area contributed by atoms with Gasteiger partial charge in [0, 0.05) is 47.7 Å². The van der Waals surface area contributed by atoms with Crippen molar-refractivity contribution in [2.24, 2.45) is 0 Å². The molecule has 0 saturated carbocycles. The van der Waals surface area contributed by atoms with E-state index in [1.807, 2.05) is 0 Å². The van der Waals surface area contributed by atoms with Crippen molar-refractivity contribution in [1.82, 2.24) is 19.5 Å². The van der Waals surface area contributed by atoms with Crippen molar-refractivity contribution in [2.75, 3.05) is 12.4 Å². The number of hydrogen-bond acceptors (Lipinski definition) is 7. The SMILES string of the molecule is COc1cnc2c(Oc3ccc(NC(=O)c4ncc(C)n(-c5ccc(F)cc5)c4=O)cc3F)ccnc2c1. The van der Waals surface area contributed by atoms with Gasteiger partial charge in [-0.15, -0.1) is 0 Å². The number of aromatic nitrogens is 4. The molecule has 0 aliphatic rings. The molecule has 0 aliphatic carbocycles. The summed E-state index contributed by atoms with van der Waals surface area (Å²) in [5, 5.41) is 2.47. The molecule has 0 spiro atoms. The van der Waals surface area contributed by atoms with E-state index >= 15 is 0 Å². The Hall–Kier alpha value is -5.19. The molecule has 2 aromatic carbocycles. The number of benzene rings is 2. The third-order valence-electron chi connectivity index (χ3n) is 5.60. The summed E-state index contributed by atoms with van der Waals surface area (Å²) in [7, 11) is 1.51. The first-order chi connectivity index (χ1) is 18.3. The van der Waals surface area contributed by atoms with Crippen LogP contribution in [0.3, 0.4) is 0 Å². The first-order valence-electron chi connectivity index (χ1n) is 11.3. The Labute approximate surface area is 214 Å². The number of amides is 1. The minimum absolute atomic E-state index is 0.0809. The molecule has 0 saturated heterocycles. The van der Waals surface area contributed by atoms with Gasteiger partial charge in [0.1, 0.15) is 17.1 Å². The van der Waals surface area contributed by atoms with Crippen molar-refractivity contribution in [2.45, 2.75) is 6.92 Å². The zero-order valence-electron chi connectivity index (χ0n) is 20.1. The van der Waals surface area contributed by atoms with Gasteiger partial charge in [0.05, 0.1) is 18.8 Å². The lowest BCUT2D eigenvalue weighted by Crippen LogP contribution is -2.31. The maximum atomic E-state index is 14.9. The number of anilines is 1. The largest absolute Gasteiger partial charge is 0.495 e. The molecule has 11 heteroatoms. The van der Waals surface area contributed by atoms with E-state index in [0.29, 0.717) is 28.2 Å². The molecule has 0 fully saturated rings. The van der Waals surface area contributed by atoms with Gasteiger partial charge >= 0.3 is 0 Å². The van der Waals surface area contributed by atoms with E-state index in [2.05, 4.69) is 20.3 Å². The number of nitrogens with one attached hydrogen (secondary N) is 1. The molecule has 0 radical (unpaired) electrons. The smallest absolute Gasteiger partial charge is 0.286 e. The Morgan fingerprint density at radius 2 is 1.74 bits per heavy atom. The molecule has 0 atom stereocenters. The Bertz CT molecular complexity index is 1740. The van der Waals surface area contributed by atoms with Gasteiger partial charge in [-0.1, -0.05) is 0 Å². The number of hydrogen-bond donors (Lipinski definition) is 1. The molecule has 38 heavy (non-hydrogen) atoms. The topological polar surface area (TPSA) is 108 Å². The summed E-state index contributed by atoms with van der Waals surface area (Å²) in [4.78, 5) is 38.3. The Morgan fingerprint density at radius 3 is 2.47 bits per heavy atom. The number of halogens is 2. The first-order valence-corrected chi connectivity index (χ1v) is 11.3. The van der Waals surface area contributed by atoms with Crippen LogP contribution < -0.4 is 20.3 Å². The van der Waals surface area contributed by atoms with Crippen LogP contribution in [0.15, 0.2) is 78.0 Å². The van der Waals surface area contributed by atoms with Crippen molar-refractivity contribution < 1.29 is 23.0 Å². The average Bonchev–Trinajstić information content (AvgIpc) is 2.91. The van der Waals surface area contributed by atoms with Crippen molar-refractivity contribution in [3.63, 3.8) is 0 Å². The Morgan fingerprint density at radius 1 is 0.947 bits per heavy atom. The minimum atomic E-state index is -0.836. The van der Waals surface area contributed by atoms with Gasteiger partial charge in [-0.2, -0.15) is 0 Å². The van der Waals surface area contributed by atoms with Gasteiger partial charge in [0.15, 0.2) is 23.0 Å². The molecule has 0 bridgehead atoms. The Balaban J connectivity index is 1.38. The zero-order valence-corrected chi connectivity index (χ0v) is 20.1. The summed E-state index contributed by atoms with van der Waals surface area (Å²) in [5.74, 6) is -1.38. The van der Waals surface area contributed by atoms with Crippen LogP contribution in [0.2, 0.25) is 0 Å². The van der Waals surface area contributed by atoms with Crippen molar-refractivity contribution in [3.8, 4) is 22.9 Å². The summed E-state index contributed by atoms with van der Waals surface area (Å²) < 4.78 is 40.3. The molecular formula is C27H19F2N5O4. The molecule has 1 amide bonds. The summed E-state index contributed by atoms with van der Waals surface area (Å²) in [6.45, 7) is 1.63. The molecular weight excluding hydrogens is 496 g/mol. The van der Waals surface area contributed by atoms with Gasteiger partial charge in [0.2, 0.25) is 0 Å². The lowest BCUT2D eigenvalue weighted by molar-refractivity contribution is 0.102. The second-order valence-corrected chi connectivity index (χ2v) is 8.12. The van der Waals surface area contributed by atoms with Crippen molar-refractivity contribution in [3.05, 3.63) is 107 Å². The van der Waals surface area contributed by atoms with E-state index in [1.165, 1.54) is 66.7 Å². The molecule has 1 N–H and O–H groups in total. The number of nitrogens with zero attached hydrogens (tertiary/aromatic N) is 4. The lowest BCUT2D eigenvalue weighted by atomic mass is 10.2. The third kappa shape index (κ3) is 4.76. The standard InChI is InChI=1S/C27H19F2N5O4/c1-15-13-31-25(27(36)34(15)18-6-3-16(28)4-7-18)26(35)33-17-5-8-22(20(29)11-17)38-23-9-10-30-21-12-19(37-2)14-32-24(21)23/h3-14H,1-2H3,(H,33,35). The normalized spacial score (nSPS) is 10.8. The predicted molar refractivity (Wildman–Crippen MR) is 135 cm³/mol. The monoisotopic (exact) mass is 515 g/mol.